The van der Waals surface area contributed by atoms with Gasteiger partial charge in [-0.3, -0.25) is 0 Å². The molecule has 1 aromatic heterocycles. The van der Waals surface area contributed by atoms with E-state index < -0.39 is 0 Å². The van der Waals surface area contributed by atoms with Crippen LogP contribution < -0.4 is 0 Å². The maximum absolute atomic E-state index is 4.04. The molecule has 2 heteroatoms. The Balaban J connectivity index is 1.64. The molecule has 0 amide bonds. The van der Waals surface area contributed by atoms with E-state index in [0.29, 0.717) is 0 Å². The first-order valence-corrected chi connectivity index (χ1v) is 6.55. The molecule has 2 nitrogen and oxygen atoms in total. The molecule has 1 aromatic carbocycles. The predicted octanol–water partition coefficient (Wildman–Crippen LogP) is 3.94. The average molecular weight is 240 g/mol. The smallest absolute Gasteiger partial charge is 0.0945 e. The van der Waals surface area contributed by atoms with Crippen molar-refractivity contribution >= 4 is 6.08 Å². The Morgan fingerprint density at radius 2 is 1.94 bits per heavy atom. The maximum Gasteiger partial charge on any atom is 0.0945 e. The van der Waals surface area contributed by atoms with Crippen LogP contribution in [0.3, 0.4) is 0 Å². The zero-order valence-corrected chi connectivity index (χ0v) is 10.8. The van der Waals surface area contributed by atoms with Gasteiger partial charge in [-0.05, 0) is 30.4 Å². The molecule has 0 radical (unpaired) electrons. The Morgan fingerprint density at radius 3 is 2.61 bits per heavy atom. The van der Waals surface area contributed by atoms with Gasteiger partial charge in [-0.15, -0.1) is 0 Å². The highest BCUT2D eigenvalue weighted by Gasteiger charge is 1.95. The fourth-order valence-electron chi connectivity index (χ4n) is 2.04. The lowest BCUT2D eigenvalue weighted by molar-refractivity contribution is 0.587. The first-order chi connectivity index (χ1) is 8.88. The third kappa shape index (κ3) is 3.88. The molecule has 0 fully saturated rings. The van der Waals surface area contributed by atoms with Crippen molar-refractivity contribution in [2.75, 3.05) is 0 Å². The van der Waals surface area contributed by atoms with Crippen LogP contribution in [-0.4, -0.2) is 9.55 Å². The van der Waals surface area contributed by atoms with Crippen LogP contribution in [0.15, 0.2) is 49.6 Å². The van der Waals surface area contributed by atoms with E-state index >= 15 is 0 Å². The molecule has 0 bridgehead atoms. The summed E-state index contributed by atoms with van der Waals surface area (Å²) in [6.07, 6.45) is 12.5. The van der Waals surface area contributed by atoms with Crippen LogP contribution in [0.4, 0.5) is 0 Å². The average Bonchev–Trinajstić information content (AvgIpc) is 2.92. The number of aromatic nitrogens is 2. The summed E-state index contributed by atoms with van der Waals surface area (Å²) in [5.74, 6) is 0. The molecule has 1 heterocycles. The van der Waals surface area contributed by atoms with Crippen LogP contribution in [0, 0.1) is 0 Å². The van der Waals surface area contributed by atoms with Gasteiger partial charge in [0.1, 0.15) is 0 Å². The number of aryl methyl sites for hydroxylation is 2. The molecule has 0 aliphatic heterocycles. The number of rotatable bonds is 7. The van der Waals surface area contributed by atoms with Gasteiger partial charge < -0.3 is 4.57 Å². The van der Waals surface area contributed by atoms with Gasteiger partial charge in [-0.2, -0.15) is 0 Å². The summed E-state index contributed by atoms with van der Waals surface area (Å²) < 4.78 is 2.14. The lowest BCUT2D eigenvalue weighted by Crippen LogP contribution is -1.94. The highest BCUT2D eigenvalue weighted by molar-refractivity contribution is 5.47. The van der Waals surface area contributed by atoms with Gasteiger partial charge in [0.15, 0.2) is 0 Å². The van der Waals surface area contributed by atoms with E-state index in [9.17, 15) is 0 Å². The zero-order valence-electron chi connectivity index (χ0n) is 10.8. The van der Waals surface area contributed by atoms with Crippen molar-refractivity contribution in [3.8, 4) is 0 Å². The molecule has 18 heavy (non-hydrogen) atoms. The van der Waals surface area contributed by atoms with E-state index in [1.54, 1.807) is 0 Å². The van der Waals surface area contributed by atoms with Crippen LogP contribution in [0.1, 0.15) is 30.4 Å². The van der Waals surface area contributed by atoms with Gasteiger partial charge in [0, 0.05) is 18.9 Å². The SMILES string of the molecule is C=Cc1ccc(CCCCCn2ccnc2)cc1. The second kappa shape index (κ2) is 6.80. The minimum atomic E-state index is 1.08. The van der Waals surface area contributed by atoms with Gasteiger partial charge in [0.05, 0.1) is 6.33 Å². The lowest BCUT2D eigenvalue weighted by Gasteiger charge is -2.03. The molecule has 0 unspecified atom stereocenters. The molecule has 94 valence electrons. The topological polar surface area (TPSA) is 17.8 Å². The molecule has 0 saturated carbocycles. The van der Waals surface area contributed by atoms with Crippen molar-refractivity contribution < 1.29 is 0 Å². The molecule has 0 N–H and O–H groups in total. The predicted molar refractivity (Wildman–Crippen MR) is 76.3 cm³/mol. The molecule has 0 aliphatic rings. The Hall–Kier alpha value is -1.83. The molecule has 2 aromatic rings. The largest absolute Gasteiger partial charge is 0.337 e. The van der Waals surface area contributed by atoms with E-state index in [2.05, 4.69) is 40.4 Å². The fourth-order valence-corrected chi connectivity index (χ4v) is 2.04. The van der Waals surface area contributed by atoms with E-state index in [0.717, 1.165) is 6.54 Å². The molecule has 0 atom stereocenters. The highest BCUT2D eigenvalue weighted by atomic mass is 15.0. The second-order valence-electron chi connectivity index (χ2n) is 4.56. The number of unbranched alkanes of at least 4 members (excludes halogenated alkanes) is 2. The van der Waals surface area contributed by atoms with Gasteiger partial charge in [-0.25, -0.2) is 4.98 Å². The number of benzene rings is 1. The minimum absolute atomic E-state index is 1.08. The number of imidazole rings is 1. The van der Waals surface area contributed by atoms with Crippen LogP contribution in [-0.2, 0) is 13.0 Å². The third-order valence-electron chi connectivity index (χ3n) is 3.16. The molecule has 0 saturated heterocycles. The summed E-state index contributed by atoms with van der Waals surface area (Å²) in [5.41, 5.74) is 2.61. The summed E-state index contributed by atoms with van der Waals surface area (Å²) in [4.78, 5) is 4.04. The zero-order chi connectivity index (χ0) is 12.6. The second-order valence-corrected chi connectivity index (χ2v) is 4.56. The fraction of sp³-hybridized carbons (Fsp3) is 0.312. The van der Waals surface area contributed by atoms with Gasteiger partial charge >= 0.3 is 0 Å². The van der Waals surface area contributed by atoms with E-state index in [-0.39, 0.29) is 0 Å². The van der Waals surface area contributed by atoms with Gasteiger partial charge in [0.25, 0.3) is 0 Å². The van der Waals surface area contributed by atoms with Crippen molar-refractivity contribution in [1.82, 2.24) is 9.55 Å². The van der Waals surface area contributed by atoms with Crippen LogP contribution in [0.2, 0.25) is 0 Å². The number of hydrogen-bond acceptors (Lipinski definition) is 1. The molecule has 2 rings (SSSR count). The summed E-state index contributed by atoms with van der Waals surface area (Å²) in [6.45, 7) is 4.84. The summed E-state index contributed by atoms with van der Waals surface area (Å²) in [7, 11) is 0. The molecule has 0 spiro atoms. The van der Waals surface area contributed by atoms with E-state index in [1.807, 2.05) is 24.8 Å². The summed E-state index contributed by atoms with van der Waals surface area (Å²) >= 11 is 0. The first kappa shape index (κ1) is 12.6. The maximum atomic E-state index is 4.04. The van der Waals surface area contributed by atoms with Gasteiger partial charge in [0.2, 0.25) is 0 Å². The molecular weight excluding hydrogens is 220 g/mol. The van der Waals surface area contributed by atoms with Crippen LogP contribution >= 0.6 is 0 Å². The lowest BCUT2D eigenvalue weighted by atomic mass is 10.1. The van der Waals surface area contributed by atoms with Crippen molar-refractivity contribution in [1.29, 1.82) is 0 Å². The third-order valence-corrected chi connectivity index (χ3v) is 3.16. The summed E-state index contributed by atoms with van der Waals surface area (Å²) in [5, 5.41) is 0. The normalized spacial score (nSPS) is 10.4. The summed E-state index contributed by atoms with van der Waals surface area (Å²) in [6, 6.07) is 8.67. The standard InChI is InChI=1S/C16H20N2/c1-2-15-7-9-16(10-8-15)6-4-3-5-12-18-13-11-17-14-18/h2,7-11,13-14H,1,3-6,12H2. The van der Waals surface area contributed by atoms with Crippen LogP contribution in [0.5, 0.6) is 0 Å². The Bertz CT molecular complexity index is 454. The molecular formula is C16H20N2. The van der Waals surface area contributed by atoms with Crippen molar-refractivity contribution in [3.05, 3.63) is 60.7 Å². The molecule has 0 aliphatic carbocycles. The Morgan fingerprint density at radius 1 is 1.11 bits per heavy atom. The Kier molecular flexibility index (Phi) is 4.77. The Labute approximate surface area is 109 Å². The van der Waals surface area contributed by atoms with Crippen molar-refractivity contribution in [3.63, 3.8) is 0 Å². The van der Waals surface area contributed by atoms with Gasteiger partial charge in [-0.1, -0.05) is 43.3 Å². The van der Waals surface area contributed by atoms with Crippen LogP contribution in [0.25, 0.3) is 6.08 Å². The van der Waals surface area contributed by atoms with E-state index in [4.69, 9.17) is 0 Å². The quantitative estimate of drug-likeness (QED) is 0.670. The number of hydrogen-bond donors (Lipinski definition) is 0. The van der Waals surface area contributed by atoms with Crippen molar-refractivity contribution in [2.45, 2.75) is 32.2 Å². The first-order valence-electron chi connectivity index (χ1n) is 6.55. The van der Waals surface area contributed by atoms with Crippen molar-refractivity contribution in [2.24, 2.45) is 0 Å². The monoisotopic (exact) mass is 240 g/mol. The number of nitrogens with zero attached hydrogens (tertiary/aromatic N) is 2. The highest BCUT2D eigenvalue weighted by Crippen LogP contribution is 2.10. The van der Waals surface area contributed by atoms with E-state index in [1.165, 1.54) is 36.8 Å². The minimum Gasteiger partial charge on any atom is -0.337 e.